The number of hydrogen-bond donors (Lipinski definition) is 2. The number of amides is 1. The Bertz CT molecular complexity index is 677. The molecule has 2 atom stereocenters. The lowest BCUT2D eigenvalue weighted by Gasteiger charge is -2.24. The molecule has 2 heterocycles. The number of benzene rings is 1. The molecule has 0 bridgehead atoms. The topological polar surface area (TPSA) is 54.3 Å². The van der Waals surface area contributed by atoms with E-state index in [1.165, 1.54) is 0 Å². The zero-order valence-electron chi connectivity index (χ0n) is 11.8. The van der Waals surface area contributed by atoms with Crippen LogP contribution in [0.15, 0.2) is 41.0 Å². The van der Waals surface area contributed by atoms with Gasteiger partial charge >= 0.3 is 0 Å². The van der Waals surface area contributed by atoms with Crippen molar-refractivity contribution in [2.75, 3.05) is 11.9 Å². The number of para-hydroxylation sites is 1. The Morgan fingerprint density at radius 1 is 1.24 bits per heavy atom. The Morgan fingerprint density at radius 2 is 2.14 bits per heavy atom. The van der Waals surface area contributed by atoms with Crippen LogP contribution in [0.4, 0.5) is 5.69 Å². The molecule has 1 amide bonds. The van der Waals surface area contributed by atoms with Crippen molar-refractivity contribution >= 4 is 11.6 Å². The summed E-state index contributed by atoms with van der Waals surface area (Å²) in [5.41, 5.74) is 3.32. The summed E-state index contributed by atoms with van der Waals surface area (Å²) < 4.78 is 5.49. The Kier molecular flexibility index (Phi) is 2.95. The standard InChI is InChI=1S/C17H18N2O2/c20-17(13-10-18-14-5-2-1-4-11(13)14)19-15-6-3-7-16-12(15)8-9-21-16/h1-2,4-5,8-9,13,15,18H,3,6-7,10H2,(H,19,20). The lowest BCUT2D eigenvalue weighted by atomic mass is 9.92. The molecule has 1 aliphatic carbocycles. The van der Waals surface area contributed by atoms with E-state index in [9.17, 15) is 4.79 Å². The predicted molar refractivity (Wildman–Crippen MR) is 80.2 cm³/mol. The highest BCUT2D eigenvalue weighted by atomic mass is 16.3. The summed E-state index contributed by atoms with van der Waals surface area (Å²) in [6.45, 7) is 0.677. The molecule has 4 heteroatoms. The van der Waals surface area contributed by atoms with Crippen molar-refractivity contribution in [1.29, 1.82) is 0 Å². The van der Waals surface area contributed by atoms with E-state index in [0.29, 0.717) is 6.54 Å². The predicted octanol–water partition coefficient (Wildman–Crippen LogP) is 2.98. The van der Waals surface area contributed by atoms with Gasteiger partial charge in [0.1, 0.15) is 5.76 Å². The van der Waals surface area contributed by atoms with E-state index in [1.54, 1.807) is 6.26 Å². The maximum Gasteiger partial charge on any atom is 0.229 e. The molecule has 0 saturated heterocycles. The van der Waals surface area contributed by atoms with Crippen molar-refractivity contribution in [1.82, 2.24) is 5.32 Å². The molecular weight excluding hydrogens is 264 g/mol. The second-order valence-corrected chi connectivity index (χ2v) is 5.77. The second kappa shape index (κ2) is 4.95. The summed E-state index contributed by atoms with van der Waals surface area (Å²) in [5.74, 6) is 1.03. The van der Waals surface area contributed by atoms with Gasteiger partial charge in [0.05, 0.1) is 18.2 Å². The summed E-state index contributed by atoms with van der Waals surface area (Å²) in [6, 6.07) is 10.1. The van der Waals surface area contributed by atoms with Crippen molar-refractivity contribution in [3.8, 4) is 0 Å². The lowest BCUT2D eigenvalue weighted by molar-refractivity contribution is -0.123. The molecule has 1 aliphatic heterocycles. The average Bonchev–Trinajstić information content (AvgIpc) is 3.14. The van der Waals surface area contributed by atoms with Gasteiger partial charge < -0.3 is 15.1 Å². The average molecular weight is 282 g/mol. The summed E-state index contributed by atoms with van der Waals surface area (Å²) in [7, 11) is 0. The maximum atomic E-state index is 12.6. The van der Waals surface area contributed by atoms with Crippen molar-refractivity contribution < 1.29 is 9.21 Å². The van der Waals surface area contributed by atoms with Gasteiger partial charge in [-0.1, -0.05) is 18.2 Å². The summed E-state index contributed by atoms with van der Waals surface area (Å²) in [6.07, 6.45) is 4.75. The van der Waals surface area contributed by atoms with Crippen molar-refractivity contribution in [3.63, 3.8) is 0 Å². The third-order valence-corrected chi connectivity index (χ3v) is 4.52. The quantitative estimate of drug-likeness (QED) is 0.890. The van der Waals surface area contributed by atoms with Crippen LogP contribution in [0.3, 0.4) is 0 Å². The highest BCUT2D eigenvalue weighted by Gasteiger charge is 2.31. The summed E-state index contributed by atoms with van der Waals surface area (Å²) in [4.78, 5) is 12.6. The molecule has 1 aromatic heterocycles. The van der Waals surface area contributed by atoms with E-state index in [1.807, 2.05) is 30.3 Å². The number of furan rings is 1. The normalized spacial score (nSPS) is 23.0. The van der Waals surface area contributed by atoms with Gasteiger partial charge in [-0.25, -0.2) is 0 Å². The van der Waals surface area contributed by atoms with Gasteiger partial charge in [-0.2, -0.15) is 0 Å². The van der Waals surface area contributed by atoms with Crippen LogP contribution in [-0.4, -0.2) is 12.5 Å². The summed E-state index contributed by atoms with van der Waals surface area (Å²) >= 11 is 0. The molecule has 0 spiro atoms. The molecule has 108 valence electrons. The SMILES string of the molecule is O=C(NC1CCCc2occc21)C1CNc2ccccc21. The molecule has 4 rings (SSSR count). The van der Waals surface area contributed by atoms with Crippen LogP contribution in [0.5, 0.6) is 0 Å². The number of anilines is 1. The van der Waals surface area contributed by atoms with Gasteiger partial charge in [0.2, 0.25) is 5.91 Å². The molecule has 2 N–H and O–H groups in total. The number of carbonyl (C=O) groups is 1. The van der Waals surface area contributed by atoms with E-state index >= 15 is 0 Å². The monoisotopic (exact) mass is 282 g/mol. The van der Waals surface area contributed by atoms with Gasteiger partial charge in [-0.3, -0.25) is 4.79 Å². The second-order valence-electron chi connectivity index (χ2n) is 5.77. The summed E-state index contributed by atoms with van der Waals surface area (Å²) in [5, 5.41) is 6.51. The third-order valence-electron chi connectivity index (χ3n) is 4.52. The zero-order valence-corrected chi connectivity index (χ0v) is 11.8. The molecule has 0 fully saturated rings. The highest BCUT2D eigenvalue weighted by molar-refractivity contribution is 5.88. The van der Waals surface area contributed by atoms with Gasteiger partial charge in [-0.05, 0) is 30.5 Å². The lowest BCUT2D eigenvalue weighted by Crippen LogP contribution is -2.35. The molecule has 0 radical (unpaired) electrons. The van der Waals surface area contributed by atoms with Crippen LogP contribution >= 0.6 is 0 Å². The minimum atomic E-state index is -0.0986. The molecule has 0 saturated carbocycles. The number of carbonyl (C=O) groups excluding carboxylic acids is 1. The Hall–Kier alpha value is -2.23. The largest absolute Gasteiger partial charge is 0.469 e. The first-order valence-corrected chi connectivity index (χ1v) is 7.52. The smallest absolute Gasteiger partial charge is 0.229 e. The maximum absolute atomic E-state index is 12.6. The van der Waals surface area contributed by atoms with Crippen LogP contribution in [0.1, 0.15) is 41.7 Å². The first-order valence-electron chi connectivity index (χ1n) is 7.52. The number of fused-ring (bicyclic) bond motifs is 2. The van der Waals surface area contributed by atoms with Gasteiger partial charge in [-0.15, -0.1) is 0 Å². The van der Waals surface area contributed by atoms with Crippen LogP contribution in [-0.2, 0) is 11.2 Å². The molecular formula is C17H18N2O2. The molecule has 2 aliphatic rings. The molecule has 1 aromatic carbocycles. The van der Waals surface area contributed by atoms with E-state index in [0.717, 1.165) is 41.8 Å². The van der Waals surface area contributed by atoms with Crippen LogP contribution in [0.2, 0.25) is 0 Å². The molecule has 4 nitrogen and oxygen atoms in total. The van der Waals surface area contributed by atoms with Gasteiger partial charge in [0.15, 0.2) is 0 Å². The third kappa shape index (κ3) is 2.11. The fourth-order valence-corrected chi connectivity index (χ4v) is 3.43. The van der Waals surface area contributed by atoms with E-state index < -0.39 is 0 Å². The molecule has 2 aromatic rings. The first kappa shape index (κ1) is 12.5. The van der Waals surface area contributed by atoms with E-state index in [4.69, 9.17) is 4.42 Å². The molecule has 21 heavy (non-hydrogen) atoms. The minimum absolute atomic E-state index is 0.0905. The Balaban J connectivity index is 1.53. The van der Waals surface area contributed by atoms with Crippen LogP contribution < -0.4 is 10.6 Å². The number of hydrogen-bond acceptors (Lipinski definition) is 3. The van der Waals surface area contributed by atoms with Crippen molar-refractivity contribution in [2.24, 2.45) is 0 Å². The van der Waals surface area contributed by atoms with Crippen molar-refractivity contribution in [3.05, 3.63) is 53.5 Å². The first-order chi connectivity index (χ1) is 10.3. The number of aryl methyl sites for hydroxylation is 1. The van der Waals surface area contributed by atoms with E-state index in [-0.39, 0.29) is 17.9 Å². The Morgan fingerprint density at radius 3 is 3.10 bits per heavy atom. The fourth-order valence-electron chi connectivity index (χ4n) is 3.43. The van der Waals surface area contributed by atoms with E-state index in [2.05, 4.69) is 10.6 Å². The fraction of sp³-hybridized carbons (Fsp3) is 0.353. The molecule has 2 unspecified atom stereocenters. The van der Waals surface area contributed by atoms with Gasteiger partial charge in [0.25, 0.3) is 0 Å². The van der Waals surface area contributed by atoms with Crippen LogP contribution in [0.25, 0.3) is 0 Å². The van der Waals surface area contributed by atoms with Crippen molar-refractivity contribution in [2.45, 2.75) is 31.2 Å². The number of nitrogens with one attached hydrogen (secondary N) is 2. The Labute approximate surface area is 123 Å². The van der Waals surface area contributed by atoms with Crippen LogP contribution in [0, 0.1) is 0 Å². The van der Waals surface area contributed by atoms with Gasteiger partial charge in [0, 0.05) is 24.2 Å². The minimum Gasteiger partial charge on any atom is -0.469 e. The zero-order chi connectivity index (χ0) is 14.2. The highest BCUT2D eigenvalue weighted by Crippen LogP contribution is 2.34. The number of rotatable bonds is 2.